The van der Waals surface area contributed by atoms with E-state index in [-0.39, 0.29) is 30.1 Å². The molecule has 6 heteroatoms. The van der Waals surface area contributed by atoms with Crippen molar-refractivity contribution in [2.45, 2.75) is 32.2 Å². The summed E-state index contributed by atoms with van der Waals surface area (Å²) in [5.74, 6) is -1.68. The fourth-order valence-electron chi connectivity index (χ4n) is 2.65. The number of halogens is 2. The van der Waals surface area contributed by atoms with Crippen LogP contribution in [0.25, 0.3) is 0 Å². The zero-order chi connectivity index (χ0) is 15.4. The Morgan fingerprint density at radius 2 is 1.81 bits per heavy atom. The number of amides is 1. The molecule has 0 bridgehead atoms. The molecule has 0 unspecified atom stereocenters. The van der Waals surface area contributed by atoms with Crippen LogP contribution >= 0.6 is 15.9 Å². The number of carboxylic acids is 1. The van der Waals surface area contributed by atoms with Crippen LogP contribution in [0, 0.1) is 17.7 Å². The van der Waals surface area contributed by atoms with Gasteiger partial charge in [-0.05, 0) is 49.4 Å². The lowest BCUT2D eigenvalue weighted by molar-refractivity contribution is -0.144. The van der Waals surface area contributed by atoms with E-state index in [0.29, 0.717) is 35.7 Å². The number of carbonyl (C=O) groups excluding carboxylic acids is 1. The SMILES string of the molecule is O=C(O)C1CCC(C(=O)NCc2cc(F)cc(Br)c2)CC1. The van der Waals surface area contributed by atoms with Gasteiger partial charge in [-0.25, -0.2) is 4.39 Å². The molecular formula is C15H17BrFNO3. The summed E-state index contributed by atoms with van der Waals surface area (Å²) in [5, 5.41) is 11.7. The van der Waals surface area contributed by atoms with Gasteiger partial charge in [-0.1, -0.05) is 15.9 Å². The molecule has 0 atom stereocenters. The van der Waals surface area contributed by atoms with E-state index in [4.69, 9.17) is 5.11 Å². The predicted octanol–water partition coefficient (Wildman–Crippen LogP) is 3.10. The molecule has 114 valence electrons. The average molecular weight is 358 g/mol. The van der Waals surface area contributed by atoms with Gasteiger partial charge in [-0.3, -0.25) is 9.59 Å². The normalized spacial score (nSPS) is 21.8. The second kappa shape index (κ2) is 7.02. The lowest BCUT2D eigenvalue weighted by Crippen LogP contribution is -2.34. The molecule has 1 aromatic rings. The van der Waals surface area contributed by atoms with Crippen LogP contribution in [0.15, 0.2) is 22.7 Å². The van der Waals surface area contributed by atoms with Crippen LogP contribution in [0.3, 0.4) is 0 Å². The molecule has 4 nitrogen and oxygen atoms in total. The first kappa shape index (κ1) is 15.9. The van der Waals surface area contributed by atoms with E-state index in [1.54, 1.807) is 6.07 Å². The van der Waals surface area contributed by atoms with Crippen molar-refractivity contribution >= 4 is 27.8 Å². The van der Waals surface area contributed by atoms with Crippen molar-refractivity contribution in [3.05, 3.63) is 34.1 Å². The number of aliphatic carboxylic acids is 1. The molecule has 1 fully saturated rings. The van der Waals surface area contributed by atoms with Crippen LogP contribution in [0.2, 0.25) is 0 Å². The summed E-state index contributed by atoms with van der Waals surface area (Å²) in [5.41, 5.74) is 0.689. The molecule has 2 N–H and O–H groups in total. The summed E-state index contributed by atoms with van der Waals surface area (Å²) in [6, 6.07) is 4.50. The molecule has 0 spiro atoms. The minimum absolute atomic E-state index is 0.0841. The third-order valence-electron chi connectivity index (χ3n) is 3.84. The van der Waals surface area contributed by atoms with Crippen molar-refractivity contribution in [2.24, 2.45) is 11.8 Å². The van der Waals surface area contributed by atoms with Crippen molar-refractivity contribution in [1.29, 1.82) is 0 Å². The highest BCUT2D eigenvalue weighted by Gasteiger charge is 2.29. The third-order valence-corrected chi connectivity index (χ3v) is 4.29. The van der Waals surface area contributed by atoms with Crippen molar-refractivity contribution in [3.8, 4) is 0 Å². The molecule has 21 heavy (non-hydrogen) atoms. The summed E-state index contributed by atoms with van der Waals surface area (Å²) in [6.45, 7) is 0.272. The largest absolute Gasteiger partial charge is 0.481 e. The average Bonchev–Trinajstić information content (AvgIpc) is 2.44. The summed E-state index contributed by atoms with van der Waals surface area (Å²) in [4.78, 5) is 22.9. The van der Waals surface area contributed by atoms with E-state index >= 15 is 0 Å². The molecule has 0 saturated heterocycles. The predicted molar refractivity (Wildman–Crippen MR) is 79.0 cm³/mol. The zero-order valence-electron chi connectivity index (χ0n) is 11.4. The fourth-order valence-corrected chi connectivity index (χ4v) is 3.16. The highest BCUT2D eigenvalue weighted by molar-refractivity contribution is 9.10. The highest BCUT2D eigenvalue weighted by atomic mass is 79.9. The molecule has 0 radical (unpaired) electrons. The van der Waals surface area contributed by atoms with E-state index < -0.39 is 5.97 Å². The molecule has 1 amide bonds. The van der Waals surface area contributed by atoms with Gasteiger partial charge in [0.2, 0.25) is 5.91 Å². The molecule has 0 aromatic heterocycles. The van der Waals surface area contributed by atoms with Gasteiger partial charge in [-0.2, -0.15) is 0 Å². The first-order valence-electron chi connectivity index (χ1n) is 6.91. The number of benzene rings is 1. The van der Waals surface area contributed by atoms with Crippen LogP contribution < -0.4 is 5.32 Å². The van der Waals surface area contributed by atoms with E-state index in [1.165, 1.54) is 12.1 Å². The Balaban J connectivity index is 1.84. The molecule has 1 aromatic carbocycles. The van der Waals surface area contributed by atoms with Gasteiger partial charge in [0.15, 0.2) is 0 Å². The maximum Gasteiger partial charge on any atom is 0.306 e. The van der Waals surface area contributed by atoms with Gasteiger partial charge in [0.05, 0.1) is 5.92 Å². The monoisotopic (exact) mass is 357 g/mol. The van der Waals surface area contributed by atoms with Crippen LogP contribution in [0.5, 0.6) is 0 Å². The quantitative estimate of drug-likeness (QED) is 0.869. The molecule has 2 rings (SSSR count). The first-order valence-corrected chi connectivity index (χ1v) is 7.70. The summed E-state index contributed by atoms with van der Waals surface area (Å²) < 4.78 is 13.9. The van der Waals surface area contributed by atoms with Gasteiger partial charge in [0.1, 0.15) is 5.82 Å². The number of hydrogen-bond donors (Lipinski definition) is 2. The van der Waals surface area contributed by atoms with Crippen LogP contribution in [-0.4, -0.2) is 17.0 Å². The number of hydrogen-bond acceptors (Lipinski definition) is 2. The Kier molecular flexibility index (Phi) is 5.33. The first-order chi connectivity index (χ1) is 9.95. The molecule has 1 aliphatic carbocycles. The summed E-state index contributed by atoms with van der Waals surface area (Å²) >= 11 is 3.21. The topological polar surface area (TPSA) is 66.4 Å². The highest BCUT2D eigenvalue weighted by Crippen LogP contribution is 2.29. The maximum absolute atomic E-state index is 13.2. The molecule has 1 aliphatic rings. The number of carboxylic acid groups (broad SMARTS) is 1. The molecular weight excluding hydrogens is 341 g/mol. The van der Waals surface area contributed by atoms with Gasteiger partial charge in [0.25, 0.3) is 0 Å². The number of carbonyl (C=O) groups is 2. The fraction of sp³-hybridized carbons (Fsp3) is 0.467. The van der Waals surface area contributed by atoms with E-state index in [9.17, 15) is 14.0 Å². The minimum Gasteiger partial charge on any atom is -0.481 e. The molecule has 1 saturated carbocycles. The van der Waals surface area contributed by atoms with Crippen LogP contribution in [0.1, 0.15) is 31.2 Å². The Bertz CT molecular complexity index is 521. The van der Waals surface area contributed by atoms with Crippen molar-refractivity contribution in [1.82, 2.24) is 5.32 Å². The lowest BCUT2D eigenvalue weighted by Gasteiger charge is -2.25. The second-order valence-corrected chi connectivity index (χ2v) is 6.30. The van der Waals surface area contributed by atoms with Gasteiger partial charge in [0, 0.05) is 16.9 Å². The smallest absolute Gasteiger partial charge is 0.306 e. The zero-order valence-corrected chi connectivity index (χ0v) is 13.0. The van der Waals surface area contributed by atoms with Gasteiger partial charge in [-0.15, -0.1) is 0 Å². The Hall–Kier alpha value is -1.43. The Morgan fingerprint density at radius 1 is 1.19 bits per heavy atom. The standard InChI is InChI=1S/C15H17BrFNO3/c16-12-5-9(6-13(17)7-12)8-18-14(19)10-1-3-11(4-2-10)15(20)21/h5-7,10-11H,1-4,8H2,(H,18,19)(H,20,21). The number of nitrogens with one attached hydrogen (secondary N) is 1. The van der Waals surface area contributed by atoms with E-state index in [2.05, 4.69) is 21.2 Å². The Labute approximate surface area is 130 Å². The summed E-state index contributed by atoms with van der Waals surface area (Å²) in [6.07, 6.45) is 2.27. The molecule has 0 heterocycles. The summed E-state index contributed by atoms with van der Waals surface area (Å²) in [7, 11) is 0. The van der Waals surface area contributed by atoms with E-state index in [0.717, 1.165) is 0 Å². The van der Waals surface area contributed by atoms with Crippen molar-refractivity contribution < 1.29 is 19.1 Å². The third kappa shape index (κ3) is 4.52. The minimum atomic E-state index is -0.779. The second-order valence-electron chi connectivity index (χ2n) is 5.38. The Morgan fingerprint density at radius 3 is 2.38 bits per heavy atom. The van der Waals surface area contributed by atoms with Gasteiger partial charge < -0.3 is 10.4 Å². The van der Waals surface area contributed by atoms with Crippen LogP contribution in [0.4, 0.5) is 4.39 Å². The van der Waals surface area contributed by atoms with Crippen molar-refractivity contribution in [2.75, 3.05) is 0 Å². The maximum atomic E-state index is 13.2. The van der Waals surface area contributed by atoms with Crippen LogP contribution in [-0.2, 0) is 16.1 Å². The number of rotatable bonds is 4. The van der Waals surface area contributed by atoms with Crippen molar-refractivity contribution in [3.63, 3.8) is 0 Å². The van der Waals surface area contributed by atoms with Gasteiger partial charge >= 0.3 is 5.97 Å². The lowest BCUT2D eigenvalue weighted by atomic mass is 9.81. The van der Waals surface area contributed by atoms with E-state index in [1.807, 2.05) is 0 Å². The molecule has 0 aliphatic heterocycles.